The normalized spacial score (nSPS) is 24.0. The maximum absolute atomic E-state index is 13.2. The first kappa shape index (κ1) is 20.5. The molecule has 0 radical (unpaired) electrons. The van der Waals surface area contributed by atoms with Gasteiger partial charge >= 0.3 is 18.2 Å². The number of amides is 2. The van der Waals surface area contributed by atoms with Crippen molar-refractivity contribution in [2.75, 3.05) is 13.1 Å². The smallest absolute Gasteiger partial charge is 0.416 e. The number of carbonyl (C=O) groups is 2. The number of aliphatic carboxylic acids is 1. The van der Waals surface area contributed by atoms with Crippen LogP contribution in [0.1, 0.15) is 55.6 Å². The number of rotatable bonds is 3. The number of hydrogen-bond acceptors (Lipinski definition) is 2. The summed E-state index contributed by atoms with van der Waals surface area (Å²) < 4.78 is 39.7. The summed E-state index contributed by atoms with van der Waals surface area (Å²) in [5.74, 6) is -1.34. The van der Waals surface area contributed by atoms with E-state index in [1.54, 1.807) is 11.0 Å². The van der Waals surface area contributed by atoms with Gasteiger partial charge in [-0.05, 0) is 56.1 Å². The molecule has 28 heavy (non-hydrogen) atoms. The van der Waals surface area contributed by atoms with E-state index < -0.39 is 17.7 Å². The third-order valence-electron chi connectivity index (χ3n) is 5.89. The van der Waals surface area contributed by atoms with Gasteiger partial charge in [-0.15, -0.1) is 0 Å². The van der Waals surface area contributed by atoms with Crippen molar-refractivity contribution in [1.29, 1.82) is 0 Å². The molecule has 1 saturated carbocycles. The molecule has 1 heterocycles. The van der Waals surface area contributed by atoms with Gasteiger partial charge in [-0.2, -0.15) is 13.2 Å². The zero-order chi connectivity index (χ0) is 20.3. The zero-order valence-corrected chi connectivity index (χ0v) is 15.5. The Bertz CT molecular complexity index is 707. The van der Waals surface area contributed by atoms with E-state index in [1.807, 2.05) is 0 Å². The molecule has 2 fully saturated rings. The summed E-state index contributed by atoms with van der Waals surface area (Å²) in [6.45, 7) is 0.820. The summed E-state index contributed by atoms with van der Waals surface area (Å²) in [5, 5.41) is 12.0. The summed E-state index contributed by atoms with van der Waals surface area (Å²) in [6, 6.07) is 5.42. The molecule has 0 atom stereocenters. The van der Waals surface area contributed by atoms with Gasteiger partial charge in [0.2, 0.25) is 0 Å². The molecule has 2 N–H and O–H groups in total. The van der Waals surface area contributed by atoms with Crippen molar-refractivity contribution >= 4 is 12.0 Å². The summed E-state index contributed by atoms with van der Waals surface area (Å²) >= 11 is 0. The number of hydrogen-bond donors (Lipinski definition) is 2. The third-order valence-corrected chi connectivity index (χ3v) is 5.89. The van der Waals surface area contributed by atoms with Gasteiger partial charge in [0, 0.05) is 19.1 Å². The molecule has 0 unspecified atom stereocenters. The number of halogens is 3. The molecule has 2 aliphatic rings. The Labute approximate surface area is 161 Å². The molecule has 2 amide bonds. The molecule has 1 saturated heterocycles. The number of alkyl halides is 3. The van der Waals surface area contributed by atoms with Gasteiger partial charge in [-0.3, -0.25) is 4.79 Å². The van der Waals surface area contributed by atoms with Crippen molar-refractivity contribution in [3.05, 3.63) is 35.4 Å². The highest BCUT2D eigenvalue weighted by atomic mass is 19.4. The molecule has 3 rings (SSSR count). The van der Waals surface area contributed by atoms with Crippen molar-refractivity contribution in [2.45, 2.75) is 56.7 Å². The summed E-state index contributed by atoms with van der Waals surface area (Å²) in [5.41, 5.74) is -0.282. The molecule has 0 spiro atoms. The van der Waals surface area contributed by atoms with Gasteiger partial charge < -0.3 is 15.3 Å². The van der Waals surface area contributed by atoms with Gasteiger partial charge in [0.25, 0.3) is 0 Å². The predicted molar refractivity (Wildman–Crippen MR) is 96.9 cm³/mol. The Kier molecular flexibility index (Phi) is 6.15. The average molecular weight is 398 g/mol. The van der Waals surface area contributed by atoms with Gasteiger partial charge in [0.05, 0.1) is 11.5 Å². The van der Waals surface area contributed by atoms with E-state index in [-0.39, 0.29) is 23.9 Å². The third kappa shape index (κ3) is 4.77. The van der Waals surface area contributed by atoms with Crippen LogP contribution in [0.25, 0.3) is 0 Å². The summed E-state index contributed by atoms with van der Waals surface area (Å²) in [4.78, 5) is 25.1. The molecule has 1 aromatic carbocycles. The number of benzene rings is 1. The number of nitrogens with one attached hydrogen (secondary N) is 1. The van der Waals surface area contributed by atoms with Crippen LogP contribution in [0.2, 0.25) is 0 Å². The fraction of sp³-hybridized carbons (Fsp3) is 0.600. The largest absolute Gasteiger partial charge is 0.481 e. The number of nitrogens with zero attached hydrogens (tertiary/aromatic N) is 1. The first-order valence-electron chi connectivity index (χ1n) is 9.70. The van der Waals surface area contributed by atoms with Gasteiger partial charge in [0.1, 0.15) is 0 Å². The number of carboxylic acid groups (broad SMARTS) is 1. The van der Waals surface area contributed by atoms with Crippen LogP contribution >= 0.6 is 0 Å². The Morgan fingerprint density at radius 2 is 1.61 bits per heavy atom. The predicted octanol–water partition coefficient (Wildman–Crippen LogP) is 4.24. The SMILES string of the molecule is O=C(O)C1CCC(NC(=O)N2CCC(c3ccccc3C(F)(F)F)CC2)CC1. The van der Waals surface area contributed by atoms with Crippen molar-refractivity contribution in [3.8, 4) is 0 Å². The monoisotopic (exact) mass is 398 g/mol. The summed E-state index contributed by atoms with van der Waals surface area (Å²) in [6.07, 6.45) is -1.01. The highest BCUT2D eigenvalue weighted by Gasteiger charge is 2.36. The minimum atomic E-state index is -4.38. The van der Waals surface area contributed by atoms with Crippen LogP contribution in [0.4, 0.5) is 18.0 Å². The molecule has 8 heteroatoms. The van der Waals surface area contributed by atoms with Gasteiger partial charge in [-0.1, -0.05) is 18.2 Å². The van der Waals surface area contributed by atoms with Crippen molar-refractivity contribution in [2.24, 2.45) is 5.92 Å². The van der Waals surface area contributed by atoms with E-state index >= 15 is 0 Å². The molecule has 5 nitrogen and oxygen atoms in total. The molecule has 1 aliphatic heterocycles. The lowest BCUT2D eigenvalue weighted by Crippen LogP contribution is -2.48. The molecule has 1 aromatic rings. The second-order valence-electron chi connectivity index (χ2n) is 7.68. The number of carboxylic acids is 1. The first-order valence-corrected chi connectivity index (χ1v) is 9.70. The fourth-order valence-corrected chi connectivity index (χ4v) is 4.26. The van der Waals surface area contributed by atoms with E-state index in [9.17, 15) is 22.8 Å². The van der Waals surface area contributed by atoms with E-state index in [1.165, 1.54) is 12.1 Å². The maximum atomic E-state index is 13.2. The Hall–Kier alpha value is -2.25. The van der Waals surface area contributed by atoms with E-state index in [4.69, 9.17) is 5.11 Å². The van der Waals surface area contributed by atoms with Gasteiger partial charge in [-0.25, -0.2) is 4.79 Å². The Balaban J connectivity index is 1.52. The van der Waals surface area contributed by atoms with Crippen LogP contribution in [-0.4, -0.2) is 41.1 Å². The number of piperidine rings is 1. The summed E-state index contributed by atoms with van der Waals surface area (Å²) in [7, 11) is 0. The van der Waals surface area contributed by atoms with Crippen LogP contribution < -0.4 is 5.32 Å². The second kappa shape index (κ2) is 8.41. The molecule has 0 bridgehead atoms. The lowest BCUT2D eigenvalue weighted by molar-refractivity contribution is -0.143. The van der Waals surface area contributed by atoms with Crippen LogP contribution in [0.15, 0.2) is 24.3 Å². The molecule has 1 aliphatic carbocycles. The number of likely N-dealkylation sites (tertiary alicyclic amines) is 1. The lowest BCUT2D eigenvalue weighted by atomic mass is 9.86. The van der Waals surface area contributed by atoms with E-state index in [2.05, 4.69) is 5.32 Å². The van der Waals surface area contributed by atoms with Crippen molar-refractivity contribution < 1.29 is 27.9 Å². The van der Waals surface area contributed by atoms with Crippen LogP contribution in [0, 0.1) is 5.92 Å². The standard InChI is InChI=1S/C20H25F3N2O3/c21-20(22,23)17-4-2-1-3-16(17)13-9-11-25(12-10-13)19(28)24-15-7-5-14(6-8-15)18(26)27/h1-4,13-15H,5-12H2,(H,24,28)(H,26,27). The first-order chi connectivity index (χ1) is 13.3. The minimum Gasteiger partial charge on any atom is -0.481 e. The minimum absolute atomic E-state index is 0.0354. The van der Waals surface area contributed by atoms with E-state index in [0.717, 1.165) is 6.07 Å². The van der Waals surface area contributed by atoms with E-state index in [0.29, 0.717) is 57.2 Å². The number of carbonyl (C=O) groups excluding carboxylic acids is 1. The van der Waals surface area contributed by atoms with Crippen LogP contribution in [0.3, 0.4) is 0 Å². The average Bonchev–Trinajstić information content (AvgIpc) is 2.68. The van der Waals surface area contributed by atoms with Gasteiger partial charge in [0.15, 0.2) is 0 Å². The topological polar surface area (TPSA) is 69.6 Å². The lowest BCUT2D eigenvalue weighted by Gasteiger charge is -2.35. The maximum Gasteiger partial charge on any atom is 0.416 e. The zero-order valence-electron chi connectivity index (χ0n) is 15.5. The molecule has 154 valence electrons. The molecular formula is C20H25F3N2O3. The highest BCUT2D eigenvalue weighted by molar-refractivity contribution is 5.75. The molecular weight excluding hydrogens is 373 g/mol. The van der Waals surface area contributed by atoms with Crippen LogP contribution in [-0.2, 0) is 11.0 Å². The Morgan fingerprint density at radius 1 is 1.00 bits per heavy atom. The second-order valence-corrected chi connectivity index (χ2v) is 7.68. The van der Waals surface area contributed by atoms with Crippen molar-refractivity contribution in [3.63, 3.8) is 0 Å². The van der Waals surface area contributed by atoms with Crippen molar-refractivity contribution in [1.82, 2.24) is 10.2 Å². The van der Waals surface area contributed by atoms with Crippen LogP contribution in [0.5, 0.6) is 0 Å². The highest BCUT2D eigenvalue weighted by Crippen LogP contribution is 2.38. The quantitative estimate of drug-likeness (QED) is 0.800. The number of urea groups is 1. The fourth-order valence-electron chi connectivity index (χ4n) is 4.26. The Morgan fingerprint density at radius 3 is 2.18 bits per heavy atom. The molecule has 0 aromatic heterocycles.